The van der Waals surface area contributed by atoms with Gasteiger partial charge in [0, 0.05) is 12.7 Å². The van der Waals surface area contributed by atoms with E-state index in [1.807, 2.05) is 33.0 Å². The van der Waals surface area contributed by atoms with Gasteiger partial charge in [-0.3, -0.25) is 10.1 Å². The van der Waals surface area contributed by atoms with Crippen LogP contribution in [0.2, 0.25) is 0 Å². The molecule has 0 saturated heterocycles. The molecule has 0 fully saturated rings. The molecule has 1 aromatic carbocycles. The van der Waals surface area contributed by atoms with Gasteiger partial charge < -0.3 is 10.1 Å². The van der Waals surface area contributed by atoms with Crippen molar-refractivity contribution >= 4 is 11.4 Å². The predicted molar refractivity (Wildman–Crippen MR) is 80.1 cm³/mol. The normalized spacial score (nSPS) is 10.7. The molecular weight excluding hydrogens is 272 g/mol. The highest BCUT2D eigenvalue weighted by Crippen LogP contribution is 2.36. The smallest absolute Gasteiger partial charge is 0.353 e. The van der Waals surface area contributed by atoms with Crippen LogP contribution in [0.25, 0.3) is 0 Å². The quantitative estimate of drug-likeness (QED) is 0.673. The number of anilines is 1. The van der Waals surface area contributed by atoms with E-state index >= 15 is 0 Å². The van der Waals surface area contributed by atoms with E-state index in [9.17, 15) is 10.1 Å². The SMILES string of the molecule is CNc1ccc(Oc2c([N+](=O)[O-])c(C)nn2C(C)C)cc1. The Bertz CT molecular complexity index is 647. The van der Waals surface area contributed by atoms with Gasteiger partial charge in [0.1, 0.15) is 11.4 Å². The molecule has 1 aromatic heterocycles. The Morgan fingerprint density at radius 3 is 2.43 bits per heavy atom. The Hall–Kier alpha value is -2.57. The lowest BCUT2D eigenvalue weighted by Crippen LogP contribution is -2.05. The van der Waals surface area contributed by atoms with Gasteiger partial charge in [-0.15, -0.1) is 0 Å². The molecule has 0 saturated carbocycles. The zero-order valence-corrected chi connectivity index (χ0v) is 12.5. The Morgan fingerprint density at radius 1 is 1.33 bits per heavy atom. The van der Waals surface area contributed by atoms with E-state index in [0.717, 1.165) is 5.69 Å². The second kappa shape index (κ2) is 5.82. The molecule has 0 atom stereocenters. The summed E-state index contributed by atoms with van der Waals surface area (Å²) in [5.41, 5.74) is 1.18. The van der Waals surface area contributed by atoms with Gasteiger partial charge in [-0.1, -0.05) is 0 Å². The van der Waals surface area contributed by atoms with Gasteiger partial charge in [0.2, 0.25) is 0 Å². The van der Waals surface area contributed by atoms with Crippen LogP contribution in [0, 0.1) is 17.0 Å². The van der Waals surface area contributed by atoms with Crippen LogP contribution in [0.15, 0.2) is 24.3 Å². The molecule has 0 radical (unpaired) electrons. The summed E-state index contributed by atoms with van der Waals surface area (Å²) >= 11 is 0. The zero-order valence-electron chi connectivity index (χ0n) is 12.5. The van der Waals surface area contributed by atoms with Crippen molar-refractivity contribution in [3.63, 3.8) is 0 Å². The topological polar surface area (TPSA) is 82.2 Å². The Morgan fingerprint density at radius 2 is 1.95 bits per heavy atom. The van der Waals surface area contributed by atoms with Gasteiger partial charge in [0.15, 0.2) is 0 Å². The van der Waals surface area contributed by atoms with Crippen LogP contribution < -0.4 is 10.1 Å². The molecule has 7 heteroatoms. The minimum Gasteiger partial charge on any atom is -0.434 e. The minimum absolute atomic E-state index is 0.0380. The molecule has 0 spiro atoms. The Balaban J connectivity index is 2.43. The lowest BCUT2D eigenvalue weighted by molar-refractivity contribution is -0.386. The molecule has 0 aliphatic carbocycles. The average Bonchev–Trinajstić information content (AvgIpc) is 2.76. The number of aryl methyl sites for hydroxylation is 1. The monoisotopic (exact) mass is 290 g/mol. The van der Waals surface area contributed by atoms with Crippen LogP contribution in [0.4, 0.5) is 11.4 Å². The molecule has 0 amide bonds. The van der Waals surface area contributed by atoms with Gasteiger partial charge >= 0.3 is 5.69 Å². The van der Waals surface area contributed by atoms with Crippen molar-refractivity contribution < 1.29 is 9.66 Å². The first kappa shape index (κ1) is 14.8. The number of nitro groups is 1. The maximum Gasteiger partial charge on any atom is 0.353 e. The first-order valence-corrected chi connectivity index (χ1v) is 6.63. The van der Waals surface area contributed by atoms with Crippen molar-refractivity contribution in [2.75, 3.05) is 12.4 Å². The second-order valence-corrected chi connectivity index (χ2v) is 4.91. The van der Waals surface area contributed by atoms with Crippen LogP contribution in [0.5, 0.6) is 11.6 Å². The fraction of sp³-hybridized carbons (Fsp3) is 0.357. The number of nitrogens with one attached hydrogen (secondary N) is 1. The van der Waals surface area contributed by atoms with E-state index in [1.165, 1.54) is 4.68 Å². The summed E-state index contributed by atoms with van der Waals surface area (Å²) < 4.78 is 7.24. The van der Waals surface area contributed by atoms with Crippen molar-refractivity contribution in [1.82, 2.24) is 9.78 Å². The van der Waals surface area contributed by atoms with E-state index in [1.54, 1.807) is 19.1 Å². The van der Waals surface area contributed by atoms with E-state index < -0.39 is 4.92 Å². The van der Waals surface area contributed by atoms with Gasteiger partial charge in [-0.05, 0) is 45.0 Å². The molecule has 0 aliphatic heterocycles. The Kier molecular flexibility index (Phi) is 4.11. The van der Waals surface area contributed by atoms with Crippen LogP contribution in [0.1, 0.15) is 25.6 Å². The third-order valence-electron chi connectivity index (χ3n) is 3.04. The van der Waals surface area contributed by atoms with Crippen LogP contribution >= 0.6 is 0 Å². The molecule has 21 heavy (non-hydrogen) atoms. The highest BCUT2D eigenvalue weighted by atomic mass is 16.6. The molecule has 7 nitrogen and oxygen atoms in total. The van der Waals surface area contributed by atoms with Crippen molar-refractivity contribution in [3.05, 3.63) is 40.1 Å². The van der Waals surface area contributed by atoms with Gasteiger partial charge in [-0.2, -0.15) is 5.10 Å². The van der Waals surface area contributed by atoms with Crippen molar-refractivity contribution in [1.29, 1.82) is 0 Å². The summed E-state index contributed by atoms with van der Waals surface area (Å²) in [6.07, 6.45) is 0. The van der Waals surface area contributed by atoms with E-state index in [2.05, 4.69) is 10.4 Å². The third kappa shape index (κ3) is 2.96. The third-order valence-corrected chi connectivity index (χ3v) is 3.04. The van der Waals surface area contributed by atoms with E-state index in [0.29, 0.717) is 11.4 Å². The molecular formula is C14H18N4O3. The summed E-state index contributed by atoms with van der Waals surface area (Å²) in [7, 11) is 1.82. The lowest BCUT2D eigenvalue weighted by Gasteiger charge is -2.11. The molecule has 0 aliphatic rings. The van der Waals surface area contributed by atoms with Crippen LogP contribution in [0.3, 0.4) is 0 Å². The summed E-state index contributed by atoms with van der Waals surface area (Å²) in [6.45, 7) is 5.40. The number of hydrogen-bond donors (Lipinski definition) is 1. The summed E-state index contributed by atoms with van der Waals surface area (Å²) in [5, 5.41) is 18.4. The van der Waals surface area contributed by atoms with Gasteiger partial charge in [0.25, 0.3) is 5.88 Å². The lowest BCUT2D eigenvalue weighted by atomic mass is 10.3. The zero-order chi connectivity index (χ0) is 15.6. The average molecular weight is 290 g/mol. The maximum absolute atomic E-state index is 11.2. The molecule has 0 unspecified atom stereocenters. The number of benzene rings is 1. The van der Waals surface area contributed by atoms with Crippen molar-refractivity contribution in [3.8, 4) is 11.6 Å². The van der Waals surface area contributed by atoms with Crippen LogP contribution in [-0.4, -0.2) is 21.8 Å². The Labute approximate surface area is 122 Å². The standard InChI is InChI=1S/C14H18N4O3/c1-9(2)17-14(13(18(19)20)10(3)16-17)21-12-7-5-11(15-4)6-8-12/h5-9,15H,1-4H3. The summed E-state index contributed by atoms with van der Waals surface area (Å²) in [6, 6.07) is 7.14. The first-order chi connectivity index (χ1) is 9.93. The molecule has 2 aromatic rings. The van der Waals surface area contributed by atoms with Crippen molar-refractivity contribution in [2.45, 2.75) is 26.8 Å². The number of aromatic nitrogens is 2. The highest BCUT2D eigenvalue weighted by molar-refractivity contribution is 5.50. The first-order valence-electron chi connectivity index (χ1n) is 6.63. The molecule has 2 rings (SSSR count). The highest BCUT2D eigenvalue weighted by Gasteiger charge is 2.28. The molecule has 1 N–H and O–H groups in total. The summed E-state index contributed by atoms with van der Waals surface area (Å²) in [5.74, 6) is 0.684. The number of ether oxygens (including phenoxy) is 1. The number of hydrogen-bond acceptors (Lipinski definition) is 5. The van der Waals surface area contributed by atoms with Gasteiger partial charge in [0.05, 0.1) is 11.0 Å². The second-order valence-electron chi connectivity index (χ2n) is 4.91. The fourth-order valence-electron chi connectivity index (χ4n) is 1.97. The largest absolute Gasteiger partial charge is 0.434 e. The maximum atomic E-state index is 11.2. The predicted octanol–water partition coefficient (Wildman–Crippen LogP) is 3.51. The number of nitrogens with zero attached hydrogens (tertiary/aromatic N) is 3. The molecule has 112 valence electrons. The number of rotatable bonds is 5. The van der Waals surface area contributed by atoms with Gasteiger partial charge in [-0.25, -0.2) is 4.68 Å². The molecule has 1 heterocycles. The summed E-state index contributed by atoms with van der Waals surface area (Å²) in [4.78, 5) is 10.8. The molecule has 0 bridgehead atoms. The fourth-order valence-corrected chi connectivity index (χ4v) is 1.97. The van der Waals surface area contributed by atoms with E-state index in [-0.39, 0.29) is 17.6 Å². The van der Waals surface area contributed by atoms with E-state index in [4.69, 9.17) is 4.74 Å². The minimum atomic E-state index is -0.460. The van der Waals surface area contributed by atoms with Crippen molar-refractivity contribution in [2.24, 2.45) is 0 Å². The van der Waals surface area contributed by atoms with Crippen LogP contribution in [-0.2, 0) is 0 Å².